The van der Waals surface area contributed by atoms with Gasteiger partial charge in [-0.15, -0.1) is 0 Å². The molecule has 1 aromatic carbocycles. The molecule has 0 atom stereocenters. The van der Waals surface area contributed by atoms with Crippen LogP contribution in [-0.2, 0) is 19.6 Å². The zero-order valence-corrected chi connectivity index (χ0v) is 19.7. The molecular weight excluding hydrogens is 428 g/mol. The standard InChI is InChI=1S/C23H36N4O4S/c28-22(24-20-23(9-5-2-6-10-23)26-15-17-31-18-16-26)19-25-11-13-27(14-12-25)32(29,30)21-7-3-1-4-8-21/h1,3-4,7-8H,2,5-6,9-20H2,(H,24,28). The first kappa shape index (κ1) is 23.6. The van der Waals surface area contributed by atoms with Crippen LogP contribution < -0.4 is 5.32 Å². The molecule has 1 aromatic rings. The maximum atomic E-state index is 12.8. The molecule has 9 heteroatoms. The highest BCUT2D eigenvalue weighted by molar-refractivity contribution is 7.89. The van der Waals surface area contributed by atoms with Gasteiger partial charge in [-0.2, -0.15) is 4.31 Å². The van der Waals surface area contributed by atoms with Gasteiger partial charge in [0.25, 0.3) is 0 Å². The van der Waals surface area contributed by atoms with E-state index in [2.05, 4.69) is 15.1 Å². The van der Waals surface area contributed by atoms with E-state index in [0.717, 1.165) is 39.1 Å². The minimum Gasteiger partial charge on any atom is -0.379 e. The third-order valence-electron chi connectivity index (χ3n) is 7.16. The molecule has 0 unspecified atom stereocenters. The SMILES string of the molecule is O=C(CN1CCN(S(=O)(=O)c2ccccc2)CC1)NCC1(N2CCOCC2)CCCCC1. The van der Waals surface area contributed by atoms with Crippen molar-refractivity contribution in [2.24, 2.45) is 0 Å². The predicted octanol–water partition coefficient (Wildman–Crippen LogP) is 1.14. The highest BCUT2D eigenvalue weighted by atomic mass is 32.2. The molecular formula is C23H36N4O4S. The lowest BCUT2D eigenvalue weighted by atomic mass is 9.79. The number of hydrogen-bond donors (Lipinski definition) is 1. The summed E-state index contributed by atoms with van der Waals surface area (Å²) >= 11 is 0. The Balaban J connectivity index is 1.27. The lowest BCUT2D eigenvalue weighted by Gasteiger charge is -2.48. The van der Waals surface area contributed by atoms with Crippen LogP contribution >= 0.6 is 0 Å². The maximum absolute atomic E-state index is 12.8. The van der Waals surface area contributed by atoms with E-state index in [1.165, 1.54) is 23.6 Å². The van der Waals surface area contributed by atoms with Crippen LogP contribution in [0.15, 0.2) is 35.2 Å². The largest absolute Gasteiger partial charge is 0.379 e. The number of nitrogens with zero attached hydrogens (tertiary/aromatic N) is 3. The van der Waals surface area contributed by atoms with Crippen LogP contribution in [0.1, 0.15) is 32.1 Å². The molecule has 2 saturated heterocycles. The van der Waals surface area contributed by atoms with Crippen molar-refractivity contribution < 1.29 is 17.9 Å². The second-order valence-electron chi connectivity index (χ2n) is 9.15. The molecule has 1 aliphatic carbocycles. The Hall–Kier alpha value is -1.52. The Labute approximate surface area is 191 Å². The topological polar surface area (TPSA) is 82.2 Å². The first-order valence-electron chi connectivity index (χ1n) is 11.9. The summed E-state index contributed by atoms with van der Waals surface area (Å²) in [5.74, 6) is 0.0302. The molecule has 4 rings (SSSR count). The molecule has 32 heavy (non-hydrogen) atoms. The number of morpholine rings is 1. The molecule has 0 spiro atoms. The molecule has 1 amide bonds. The van der Waals surface area contributed by atoms with E-state index in [4.69, 9.17) is 4.74 Å². The Kier molecular flexibility index (Phi) is 7.83. The van der Waals surface area contributed by atoms with E-state index in [1.54, 1.807) is 24.3 Å². The van der Waals surface area contributed by atoms with Gasteiger partial charge in [-0.3, -0.25) is 14.6 Å². The van der Waals surface area contributed by atoms with Crippen molar-refractivity contribution in [1.29, 1.82) is 0 Å². The van der Waals surface area contributed by atoms with E-state index < -0.39 is 10.0 Å². The lowest BCUT2D eigenvalue weighted by molar-refractivity contribution is -0.123. The number of carbonyl (C=O) groups excluding carboxylic acids is 1. The summed E-state index contributed by atoms with van der Waals surface area (Å²) in [7, 11) is -3.47. The van der Waals surface area contributed by atoms with Gasteiger partial charge in [0.15, 0.2) is 0 Å². The predicted molar refractivity (Wildman–Crippen MR) is 123 cm³/mol. The van der Waals surface area contributed by atoms with Crippen molar-refractivity contribution in [3.8, 4) is 0 Å². The van der Waals surface area contributed by atoms with Crippen LogP contribution in [0.4, 0.5) is 0 Å². The average Bonchev–Trinajstić information content (AvgIpc) is 2.85. The number of piperazine rings is 1. The monoisotopic (exact) mass is 464 g/mol. The summed E-state index contributed by atoms with van der Waals surface area (Å²) in [6.45, 7) is 6.36. The minimum absolute atomic E-state index is 0.0302. The number of benzene rings is 1. The van der Waals surface area contributed by atoms with E-state index in [1.807, 2.05) is 6.07 Å². The highest BCUT2D eigenvalue weighted by Crippen LogP contribution is 2.33. The quantitative estimate of drug-likeness (QED) is 0.652. The van der Waals surface area contributed by atoms with Gasteiger partial charge >= 0.3 is 0 Å². The van der Waals surface area contributed by atoms with Gasteiger partial charge in [-0.25, -0.2) is 8.42 Å². The van der Waals surface area contributed by atoms with Crippen LogP contribution in [0.5, 0.6) is 0 Å². The summed E-state index contributed by atoms with van der Waals surface area (Å²) in [4.78, 5) is 17.7. The number of amides is 1. The summed E-state index contributed by atoms with van der Waals surface area (Å²) in [6, 6.07) is 8.55. The fraction of sp³-hybridized carbons (Fsp3) is 0.696. The average molecular weight is 465 g/mol. The van der Waals surface area contributed by atoms with E-state index in [-0.39, 0.29) is 11.4 Å². The number of sulfonamides is 1. The molecule has 0 aromatic heterocycles. The zero-order valence-electron chi connectivity index (χ0n) is 18.9. The van der Waals surface area contributed by atoms with Crippen LogP contribution in [0.3, 0.4) is 0 Å². The molecule has 1 N–H and O–H groups in total. The minimum atomic E-state index is -3.47. The number of hydrogen-bond acceptors (Lipinski definition) is 6. The molecule has 2 aliphatic heterocycles. The van der Waals surface area contributed by atoms with Gasteiger partial charge in [-0.05, 0) is 25.0 Å². The van der Waals surface area contributed by atoms with Gasteiger partial charge in [0.1, 0.15) is 0 Å². The molecule has 1 saturated carbocycles. The molecule has 2 heterocycles. The normalized spacial score (nSPS) is 23.6. The number of nitrogens with one attached hydrogen (secondary N) is 1. The van der Waals surface area contributed by atoms with Gasteiger partial charge < -0.3 is 10.1 Å². The lowest BCUT2D eigenvalue weighted by Crippen LogP contribution is -2.60. The summed E-state index contributed by atoms with van der Waals surface area (Å²) in [6.07, 6.45) is 5.96. The second-order valence-corrected chi connectivity index (χ2v) is 11.1. The van der Waals surface area contributed by atoms with Gasteiger partial charge in [0, 0.05) is 51.4 Å². The smallest absolute Gasteiger partial charge is 0.243 e. The van der Waals surface area contributed by atoms with Crippen molar-refractivity contribution in [3.05, 3.63) is 30.3 Å². The first-order chi connectivity index (χ1) is 15.5. The molecule has 3 fully saturated rings. The van der Waals surface area contributed by atoms with Crippen molar-refractivity contribution >= 4 is 15.9 Å². The Morgan fingerprint density at radius 2 is 1.59 bits per heavy atom. The van der Waals surface area contributed by atoms with Crippen molar-refractivity contribution in [2.75, 3.05) is 65.6 Å². The maximum Gasteiger partial charge on any atom is 0.243 e. The van der Waals surface area contributed by atoms with E-state index in [9.17, 15) is 13.2 Å². The van der Waals surface area contributed by atoms with Gasteiger partial charge in [0.05, 0.1) is 24.7 Å². The Morgan fingerprint density at radius 1 is 0.938 bits per heavy atom. The fourth-order valence-corrected chi connectivity index (χ4v) is 6.69. The summed E-state index contributed by atoms with van der Waals surface area (Å²) < 4.78 is 32.6. The zero-order chi connectivity index (χ0) is 22.4. The number of ether oxygens (including phenoxy) is 1. The van der Waals surface area contributed by atoms with Crippen molar-refractivity contribution in [2.45, 2.75) is 42.5 Å². The van der Waals surface area contributed by atoms with Gasteiger partial charge in [0.2, 0.25) is 15.9 Å². The van der Waals surface area contributed by atoms with Crippen LogP contribution in [0.2, 0.25) is 0 Å². The summed E-state index contributed by atoms with van der Waals surface area (Å²) in [5, 5.41) is 3.21. The van der Waals surface area contributed by atoms with Crippen LogP contribution in [-0.4, -0.2) is 99.5 Å². The van der Waals surface area contributed by atoms with Crippen LogP contribution in [0.25, 0.3) is 0 Å². The number of rotatable bonds is 7. The molecule has 3 aliphatic rings. The Bertz CT molecular complexity index is 844. The first-order valence-corrected chi connectivity index (χ1v) is 13.3. The number of carbonyl (C=O) groups is 1. The molecule has 8 nitrogen and oxygen atoms in total. The molecule has 178 valence electrons. The van der Waals surface area contributed by atoms with Gasteiger partial charge in [-0.1, -0.05) is 37.5 Å². The molecule has 0 bridgehead atoms. The van der Waals surface area contributed by atoms with E-state index in [0.29, 0.717) is 44.2 Å². The third-order valence-corrected chi connectivity index (χ3v) is 9.07. The Morgan fingerprint density at radius 3 is 2.25 bits per heavy atom. The van der Waals surface area contributed by atoms with Crippen molar-refractivity contribution in [3.63, 3.8) is 0 Å². The highest BCUT2D eigenvalue weighted by Gasteiger charge is 2.39. The van der Waals surface area contributed by atoms with Crippen LogP contribution in [0, 0.1) is 0 Å². The fourth-order valence-electron chi connectivity index (χ4n) is 5.24. The van der Waals surface area contributed by atoms with Crippen molar-refractivity contribution in [1.82, 2.24) is 19.4 Å². The third kappa shape index (κ3) is 5.51. The summed E-state index contributed by atoms with van der Waals surface area (Å²) in [5.41, 5.74) is 0.0557. The second kappa shape index (κ2) is 10.6. The molecule has 0 radical (unpaired) electrons. The van der Waals surface area contributed by atoms with E-state index >= 15 is 0 Å².